The molecule has 0 aliphatic rings. The van der Waals surface area contributed by atoms with Crippen LogP contribution < -0.4 is 11.2 Å². The maximum absolute atomic E-state index is 10.6. The SMILES string of the molecule is N=C(N)NN=CC(=Cc1ccc([N+](=O)[O-])o1)c1ccccc1. The Bertz CT molecular complexity index is 734. The summed E-state index contributed by atoms with van der Waals surface area (Å²) in [6.07, 6.45) is 3.05. The molecule has 2 rings (SSSR count). The molecule has 0 spiro atoms. The minimum Gasteiger partial charge on any atom is -0.401 e. The monoisotopic (exact) mass is 299 g/mol. The highest BCUT2D eigenvalue weighted by molar-refractivity contribution is 6.15. The molecule has 0 atom stereocenters. The summed E-state index contributed by atoms with van der Waals surface area (Å²) < 4.78 is 5.10. The normalized spacial score (nSPS) is 11.5. The lowest BCUT2D eigenvalue weighted by atomic mass is 10.1. The zero-order valence-corrected chi connectivity index (χ0v) is 11.4. The van der Waals surface area contributed by atoms with E-state index in [9.17, 15) is 10.1 Å². The van der Waals surface area contributed by atoms with Gasteiger partial charge in [-0.05, 0) is 17.7 Å². The van der Waals surface area contributed by atoms with Gasteiger partial charge in [-0.1, -0.05) is 30.3 Å². The van der Waals surface area contributed by atoms with Crippen molar-refractivity contribution < 1.29 is 9.34 Å². The molecule has 1 aromatic carbocycles. The zero-order valence-electron chi connectivity index (χ0n) is 11.4. The van der Waals surface area contributed by atoms with E-state index in [1.165, 1.54) is 18.3 Å². The van der Waals surface area contributed by atoms with Gasteiger partial charge in [0.2, 0.25) is 5.96 Å². The Morgan fingerprint density at radius 2 is 2.05 bits per heavy atom. The zero-order chi connectivity index (χ0) is 15.9. The molecule has 0 saturated heterocycles. The van der Waals surface area contributed by atoms with Crippen LogP contribution >= 0.6 is 0 Å². The van der Waals surface area contributed by atoms with Crippen molar-refractivity contribution in [3.05, 3.63) is 63.9 Å². The smallest absolute Gasteiger partial charge is 0.401 e. The third-order valence-corrected chi connectivity index (χ3v) is 2.59. The number of nitrogens with zero attached hydrogens (tertiary/aromatic N) is 2. The largest absolute Gasteiger partial charge is 0.433 e. The average Bonchev–Trinajstić information content (AvgIpc) is 2.96. The summed E-state index contributed by atoms with van der Waals surface area (Å²) in [5.41, 5.74) is 8.92. The van der Waals surface area contributed by atoms with Crippen LogP contribution in [-0.4, -0.2) is 17.1 Å². The molecule has 8 heteroatoms. The van der Waals surface area contributed by atoms with E-state index >= 15 is 0 Å². The Balaban J connectivity index is 2.34. The van der Waals surface area contributed by atoms with Gasteiger partial charge in [0.05, 0.1) is 12.3 Å². The molecule has 0 unspecified atom stereocenters. The second-order valence-corrected chi connectivity index (χ2v) is 4.18. The number of nitro groups is 1. The molecule has 0 bridgehead atoms. The molecule has 0 aliphatic heterocycles. The second-order valence-electron chi connectivity index (χ2n) is 4.18. The van der Waals surface area contributed by atoms with Crippen LogP contribution in [0.3, 0.4) is 0 Å². The first-order valence-corrected chi connectivity index (χ1v) is 6.20. The van der Waals surface area contributed by atoms with Crippen molar-refractivity contribution in [1.29, 1.82) is 5.41 Å². The Hall–Kier alpha value is -3.42. The molecule has 112 valence electrons. The number of hydrogen-bond acceptors (Lipinski definition) is 5. The van der Waals surface area contributed by atoms with Crippen molar-refractivity contribution in [2.24, 2.45) is 10.8 Å². The first kappa shape index (κ1) is 15.0. The van der Waals surface area contributed by atoms with E-state index in [0.29, 0.717) is 11.3 Å². The van der Waals surface area contributed by atoms with Crippen LogP contribution in [-0.2, 0) is 0 Å². The van der Waals surface area contributed by atoms with Crippen LogP contribution in [0.4, 0.5) is 5.88 Å². The molecule has 4 N–H and O–H groups in total. The number of nitrogens with one attached hydrogen (secondary N) is 2. The number of allylic oxidation sites excluding steroid dienone is 1. The average molecular weight is 299 g/mol. The summed E-state index contributed by atoms with van der Waals surface area (Å²) >= 11 is 0. The Morgan fingerprint density at radius 3 is 2.64 bits per heavy atom. The van der Waals surface area contributed by atoms with Crippen molar-refractivity contribution in [1.82, 2.24) is 5.43 Å². The number of guanidine groups is 1. The van der Waals surface area contributed by atoms with E-state index in [1.807, 2.05) is 30.3 Å². The fourth-order valence-corrected chi connectivity index (χ4v) is 1.67. The van der Waals surface area contributed by atoms with Gasteiger partial charge in [-0.15, -0.1) is 0 Å². The fourth-order valence-electron chi connectivity index (χ4n) is 1.67. The van der Waals surface area contributed by atoms with Crippen molar-refractivity contribution in [3.63, 3.8) is 0 Å². The first-order valence-electron chi connectivity index (χ1n) is 6.20. The predicted molar refractivity (Wildman–Crippen MR) is 83.2 cm³/mol. The molecule has 0 fully saturated rings. The molecule has 2 aromatic rings. The van der Waals surface area contributed by atoms with Gasteiger partial charge in [-0.2, -0.15) is 5.10 Å². The Kier molecular flexibility index (Phi) is 4.66. The van der Waals surface area contributed by atoms with Crippen molar-refractivity contribution >= 4 is 29.7 Å². The lowest BCUT2D eigenvalue weighted by molar-refractivity contribution is -0.402. The quantitative estimate of drug-likeness (QED) is 0.337. The van der Waals surface area contributed by atoms with Crippen LogP contribution in [0.25, 0.3) is 11.6 Å². The van der Waals surface area contributed by atoms with Crippen molar-refractivity contribution in [3.8, 4) is 0 Å². The first-order chi connectivity index (χ1) is 10.6. The summed E-state index contributed by atoms with van der Waals surface area (Å²) in [7, 11) is 0. The predicted octanol–water partition coefficient (Wildman–Crippen LogP) is 2.20. The van der Waals surface area contributed by atoms with Crippen LogP contribution in [0, 0.1) is 15.5 Å². The number of furan rings is 1. The van der Waals surface area contributed by atoms with E-state index in [-0.39, 0.29) is 11.8 Å². The van der Waals surface area contributed by atoms with E-state index < -0.39 is 4.92 Å². The van der Waals surface area contributed by atoms with Crippen molar-refractivity contribution in [2.45, 2.75) is 0 Å². The van der Waals surface area contributed by atoms with E-state index in [1.54, 1.807) is 6.08 Å². The highest BCUT2D eigenvalue weighted by Crippen LogP contribution is 2.21. The number of rotatable bonds is 5. The van der Waals surface area contributed by atoms with Gasteiger partial charge in [-0.25, -0.2) is 5.43 Å². The third kappa shape index (κ3) is 4.04. The number of hydrogen-bond donors (Lipinski definition) is 3. The molecule has 0 radical (unpaired) electrons. The topological polar surface area (TPSA) is 131 Å². The van der Waals surface area contributed by atoms with Crippen LogP contribution in [0.2, 0.25) is 0 Å². The lowest BCUT2D eigenvalue weighted by Gasteiger charge is -2.01. The van der Waals surface area contributed by atoms with Gasteiger partial charge in [0.1, 0.15) is 10.7 Å². The Morgan fingerprint density at radius 1 is 1.32 bits per heavy atom. The maximum atomic E-state index is 10.6. The van der Waals surface area contributed by atoms with Gasteiger partial charge in [0.15, 0.2) is 0 Å². The summed E-state index contributed by atoms with van der Waals surface area (Å²) in [6, 6.07) is 12.0. The minimum atomic E-state index is -0.606. The molecule has 8 nitrogen and oxygen atoms in total. The highest BCUT2D eigenvalue weighted by Gasteiger charge is 2.11. The minimum absolute atomic E-state index is 0.294. The van der Waals surface area contributed by atoms with E-state index in [2.05, 4.69) is 10.5 Å². The molecule has 0 aliphatic carbocycles. The third-order valence-electron chi connectivity index (χ3n) is 2.59. The summed E-state index contributed by atoms with van der Waals surface area (Å²) in [4.78, 5) is 10.0. The number of nitrogens with two attached hydrogens (primary N) is 1. The van der Waals surface area contributed by atoms with Crippen LogP contribution in [0.15, 0.2) is 52.0 Å². The molecule has 22 heavy (non-hydrogen) atoms. The van der Waals surface area contributed by atoms with Gasteiger partial charge in [0, 0.05) is 5.57 Å². The fraction of sp³-hybridized carbons (Fsp3) is 0. The van der Waals surface area contributed by atoms with Gasteiger partial charge >= 0.3 is 5.88 Å². The standard InChI is InChI=1S/C14H13N5O3/c15-14(16)18-17-9-11(10-4-2-1-3-5-10)8-12-6-7-13(22-12)19(20)21/h1-9H,(H4,15,16,18). The van der Waals surface area contributed by atoms with E-state index in [0.717, 1.165) is 5.56 Å². The molecule has 1 heterocycles. The van der Waals surface area contributed by atoms with Gasteiger partial charge in [0.25, 0.3) is 0 Å². The van der Waals surface area contributed by atoms with Crippen LogP contribution in [0.5, 0.6) is 0 Å². The molecule has 0 saturated carbocycles. The number of benzene rings is 1. The Labute approximate surface area is 125 Å². The summed E-state index contributed by atoms with van der Waals surface area (Å²) in [6.45, 7) is 0. The molecule has 1 aromatic heterocycles. The van der Waals surface area contributed by atoms with E-state index in [4.69, 9.17) is 15.6 Å². The molecular formula is C14H13N5O3. The molecule has 0 amide bonds. The van der Waals surface area contributed by atoms with Crippen molar-refractivity contribution in [2.75, 3.05) is 0 Å². The maximum Gasteiger partial charge on any atom is 0.433 e. The lowest BCUT2D eigenvalue weighted by Crippen LogP contribution is -2.25. The second kappa shape index (κ2) is 6.84. The molecular weight excluding hydrogens is 286 g/mol. The highest BCUT2D eigenvalue weighted by atomic mass is 16.6. The summed E-state index contributed by atoms with van der Waals surface area (Å²) in [5, 5.41) is 21.5. The summed E-state index contributed by atoms with van der Waals surface area (Å²) in [5.74, 6) is -0.311. The van der Waals surface area contributed by atoms with Gasteiger partial charge in [-0.3, -0.25) is 15.5 Å². The van der Waals surface area contributed by atoms with Gasteiger partial charge < -0.3 is 10.2 Å². The van der Waals surface area contributed by atoms with Crippen LogP contribution in [0.1, 0.15) is 11.3 Å². The number of hydrazone groups is 1.